The second-order valence-electron chi connectivity index (χ2n) is 3.73. The van der Waals surface area contributed by atoms with E-state index < -0.39 is 0 Å². The van der Waals surface area contributed by atoms with Crippen molar-refractivity contribution >= 4 is 5.57 Å². The van der Waals surface area contributed by atoms with Crippen LogP contribution >= 0.6 is 0 Å². The first-order chi connectivity index (χ1) is 7.29. The SMILES string of the molecule is C=C1c2cccnc2-c2nccc(C)c21. The third-order valence-electron chi connectivity index (χ3n) is 2.82. The van der Waals surface area contributed by atoms with Crippen LogP contribution in [0.25, 0.3) is 17.0 Å². The van der Waals surface area contributed by atoms with Gasteiger partial charge in [0.25, 0.3) is 0 Å². The molecule has 0 amide bonds. The minimum absolute atomic E-state index is 0.959. The Bertz CT molecular complexity index is 570. The molecule has 2 aromatic rings. The summed E-state index contributed by atoms with van der Waals surface area (Å²) >= 11 is 0. The van der Waals surface area contributed by atoms with Gasteiger partial charge < -0.3 is 0 Å². The van der Waals surface area contributed by atoms with Gasteiger partial charge >= 0.3 is 0 Å². The van der Waals surface area contributed by atoms with E-state index in [1.807, 2.05) is 24.4 Å². The quantitative estimate of drug-likeness (QED) is 0.550. The van der Waals surface area contributed by atoms with E-state index in [1.165, 1.54) is 5.56 Å². The van der Waals surface area contributed by atoms with E-state index in [-0.39, 0.29) is 0 Å². The van der Waals surface area contributed by atoms with Gasteiger partial charge in [0.15, 0.2) is 0 Å². The molecule has 0 saturated carbocycles. The first kappa shape index (κ1) is 8.36. The van der Waals surface area contributed by atoms with Crippen LogP contribution in [0.5, 0.6) is 0 Å². The summed E-state index contributed by atoms with van der Waals surface area (Å²) in [7, 11) is 0. The lowest BCUT2D eigenvalue weighted by molar-refractivity contribution is 1.24. The van der Waals surface area contributed by atoms with Crippen LogP contribution in [-0.2, 0) is 0 Å². The molecule has 0 saturated heterocycles. The summed E-state index contributed by atoms with van der Waals surface area (Å²) in [5.74, 6) is 0. The maximum absolute atomic E-state index is 4.39. The molecule has 3 rings (SSSR count). The lowest BCUT2D eigenvalue weighted by Gasteiger charge is -2.02. The number of nitrogens with zero attached hydrogens (tertiary/aromatic N) is 2. The van der Waals surface area contributed by atoms with Gasteiger partial charge in [-0.3, -0.25) is 9.97 Å². The largest absolute Gasteiger partial charge is 0.254 e. The Morgan fingerprint density at radius 3 is 2.73 bits per heavy atom. The Labute approximate surface area is 88.3 Å². The lowest BCUT2D eigenvalue weighted by atomic mass is 10.0. The van der Waals surface area contributed by atoms with Crippen LogP contribution in [-0.4, -0.2) is 9.97 Å². The molecule has 0 atom stereocenters. The van der Waals surface area contributed by atoms with Crippen molar-refractivity contribution in [2.24, 2.45) is 0 Å². The van der Waals surface area contributed by atoms with Gasteiger partial charge in [-0.2, -0.15) is 0 Å². The van der Waals surface area contributed by atoms with E-state index in [1.54, 1.807) is 6.20 Å². The molecule has 0 radical (unpaired) electrons. The molecule has 0 aromatic carbocycles. The third kappa shape index (κ3) is 0.988. The molecular weight excluding hydrogens is 184 g/mol. The first-order valence-corrected chi connectivity index (χ1v) is 4.89. The molecule has 2 heteroatoms. The van der Waals surface area contributed by atoms with Crippen LogP contribution in [0.4, 0.5) is 0 Å². The van der Waals surface area contributed by atoms with Crippen molar-refractivity contribution in [3.8, 4) is 11.4 Å². The summed E-state index contributed by atoms with van der Waals surface area (Å²) in [4.78, 5) is 8.76. The zero-order valence-electron chi connectivity index (χ0n) is 8.49. The maximum atomic E-state index is 4.39. The molecule has 0 N–H and O–H groups in total. The summed E-state index contributed by atoms with van der Waals surface area (Å²) in [6.45, 7) is 6.20. The van der Waals surface area contributed by atoms with Crippen molar-refractivity contribution in [3.05, 3.63) is 53.9 Å². The molecule has 2 nitrogen and oxygen atoms in total. The van der Waals surface area contributed by atoms with E-state index in [0.29, 0.717) is 0 Å². The number of aromatic nitrogens is 2. The van der Waals surface area contributed by atoms with E-state index >= 15 is 0 Å². The van der Waals surface area contributed by atoms with Gasteiger partial charge in [-0.15, -0.1) is 0 Å². The van der Waals surface area contributed by atoms with Crippen LogP contribution in [0, 0.1) is 6.92 Å². The Morgan fingerprint density at radius 1 is 1.07 bits per heavy atom. The smallest absolute Gasteiger partial charge is 0.0973 e. The standard InChI is InChI=1S/C13H10N2/c1-8-5-7-15-13-11(8)9(2)10-4-3-6-14-12(10)13/h3-7H,2H2,1H3. The summed E-state index contributed by atoms with van der Waals surface area (Å²) < 4.78 is 0. The fourth-order valence-electron chi connectivity index (χ4n) is 2.09. The predicted molar refractivity (Wildman–Crippen MR) is 60.3 cm³/mol. The Balaban J connectivity index is 2.43. The van der Waals surface area contributed by atoms with Crippen molar-refractivity contribution in [2.75, 3.05) is 0 Å². The molecule has 2 aromatic heterocycles. The highest BCUT2D eigenvalue weighted by atomic mass is 14.8. The van der Waals surface area contributed by atoms with Gasteiger partial charge in [0.2, 0.25) is 0 Å². The minimum Gasteiger partial charge on any atom is -0.254 e. The van der Waals surface area contributed by atoms with E-state index in [2.05, 4.69) is 23.5 Å². The highest BCUT2D eigenvalue weighted by molar-refractivity contribution is 5.98. The minimum atomic E-state index is 0.959. The summed E-state index contributed by atoms with van der Waals surface area (Å²) in [6, 6.07) is 5.99. The number of aryl methyl sites for hydroxylation is 1. The van der Waals surface area contributed by atoms with Gasteiger partial charge in [-0.05, 0) is 30.2 Å². The number of hydrogen-bond acceptors (Lipinski definition) is 2. The second kappa shape index (κ2) is 2.76. The maximum Gasteiger partial charge on any atom is 0.0973 e. The van der Waals surface area contributed by atoms with Gasteiger partial charge in [-0.1, -0.05) is 12.6 Å². The normalized spacial score (nSPS) is 12.5. The van der Waals surface area contributed by atoms with Crippen LogP contribution in [0.1, 0.15) is 16.7 Å². The number of fused-ring (bicyclic) bond motifs is 3. The van der Waals surface area contributed by atoms with Gasteiger partial charge in [-0.25, -0.2) is 0 Å². The highest BCUT2D eigenvalue weighted by Gasteiger charge is 2.25. The molecule has 0 unspecified atom stereocenters. The number of hydrogen-bond donors (Lipinski definition) is 0. The average molecular weight is 194 g/mol. The fraction of sp³-hybridized carbons (Fsp3) is 0.0769. The Hall–Kier alpha value is -1.96. The Morgan fingerprint density at radius 2 is 1.87 bits per heavy atom. The summed E-state index contributed by atoms with van der Waals surface area (Å²) in [6.07, 6.45) is 3.62. The first-order valence-electron chi connectivity index (χ1n) is 4.89. The molecule has 1 aliphatic rings. The highest BCUT2D eigenvalue weighted by Crippen LogP contribution is 2.41. The molecule has 72 valence electrons. The third-order valence-corrected chi connectivity index (χ3v) is 2.82. The zero-order chi connectivity index (χ0) is 10.4. The van der Waals surface area contributed by atoms with Crippen LogP contribution in [0.2, 0.25) is 0 Å². The molecule has 0 bridgehead atoms. The van der Waals surface area contributed by atoms with Crippen molar-refractivity contribution in [1.82, 2.24) is 9.97 Å². The van der Waals surface area contributed by atoms with Crippen molar-refractivity contribution in [1.29, 1.82) is 0 Å². The van der Waals surface area contributed by atoms with E-state index in [4.69, 9.17) is 0 Å². The molecular formula is C13H10N2. The fourth-order valence-corrected chi connectivity index (χ4v) is 2.09. The van der Waals surface area contributed by atoms with Crippen LogP contribution < -0.4 is 0 Å². The van der Waals surface area contributed by atoms with Crippen LogP contribution in [0.3, 0.4) is 0 Å². The van der Waals surface area contributed by atoms with Crippen molar-refractivity contribution in [3.63, 3.8) is 0 Å². The van der Waals surface area contributed by atoms with Crippen LogP contribution in [0.15, 0.2) is 37.2 Å². The lowest BCUT2D eigenvalue weighted by Crippen LogP contribution is -1.88. The monoisotopic (exact) mass is 194 g/mol. The predicted octanol–water partition coefficient (Wildman–Crippen LogP) is 2.83. The summed E-state index contributed by atoms with van der Waals surface area (Å²) in [5.41, 5.74) is 6.43. The van der Waals surface area contributed by atoms with Crippen molar-refractivity contribution in [2.45, 2.75) is 6.92 Å². The molecule has 0 fully saturated rings. The molecule has 1 aliphatic carbocycles. The van der Waals surface area contributed by atoms with Gasteiger partial charge in [0, 0.05) is 23.5 Å². The summed E-state index contributed by atoms with van der Waals surface area (Å²) in [5, 5.41) is 0. The zero-order valence-corrected chi connectivity index (χ0v) is 8.49. The van der Waals surface area contributed by atoms with Gasteiger partial charge in [0.05, 0.1) is 11.4 Å². The topological polar surface area (TPSA) is 25.8 Å². The van der Waals surface area contributed by atoms with E-state index in [0.717, 1.165) is 28.1 Å². The average Bonchev–Trinajstić information content (AvgIpc) is 2.55. The second-order valence-corrected chi connectivity index (χ2v) is 3.73. The Kier molecular flexibility index (Phi) is 1.54. The van der Waals surface area contributed by atoms with Crippen molar-refractivity contribution < 1.29 is 0 Å². The number of pyridine rings is 2. The molecule has 0 spiro atoms. The number of rotatable bonds is 0. The molecule has 0 aliphatic heterocycles. The molecule has 15 heavy (non-hydrogen) atoms. The van der Waals surface area contributed by atoms with E-state index in [9.17, 15) is 0 Å². The molecule has 2 heterocycles. The van der Waals surface area contributed by atoms with Gasteiger partial charge in [0.1, 0.15) is 0 Å².